The highest BCUT2D eigenvalue weighted by Gasteiger charge is 2.14. The van der Waals surface area contributed by atoms with Gasteiger partial charge in [-0.1, -0.05) is 24.3 Å². The molecule has 0 aliphatic rings. The van der Waals surface area contributed by atoms with Crippen LogP contribution in [0.3, 0.4) is 0 Å². The van der Waals surface area contributed by atoms with Gasteiger partial charge in [0, 0.05) is 17.0 Å². The SMILES string of the molecule is CCOc1ccccc1C(C#N)NCc1cccs1. The lowest BCUT2D eigenvalue weighted by Gasteiger charge is -2.15. The van der Waals surface area contributed by atoms with Crippen LogP contribution in [0.1, 0.15) is 23.4 Å². The second-order valence-electron chi connectivity index (χ2n) is 3.99. The highest BCUT2D eigenvalue weighted by atomic mass is 32.1. The number of nitriles is 1. The van der Waals surface area contributed by atoms with Crippen molar-refractivity contribution in [3.63, 3.8) is 0 Å². The molecule has 0 spiro atoms. The van der Waals surface area contributed by atoms with Gasteiger partial charge in [0.25, 0.3) is 0 Å². The number of thiophene rings is 1. The van der Waals surface area contributed by atoms with Gasteiger partial charge in [-0.05, 0) is 24.4 Å². The molecule has 1 aromatic heterocycles. The summed E-state index contributed by atoms with van der Waals surface area (Å²) >= 11 is 1.68. The average molecular weight is 272 g/mol. The zero-order valence-electron chi connectivity index (χ0n) is 10.8. The molecule has 0 fully saturated rings. The van der Waals surface area contributed by atoms with Gasteiger partial charge in [-0.2, -0.15) is 5.26 Å². The lowest BCUT2D eigenvalue weighted by Crippen LogP contribution is -2.19. The maximum Gasteiger partial charge on any atom is 0.125 e. The summed E-state index contributed by atoms with van der Waals surface area (Å²) in [6.45, 7) is 3.23. The molecule has 1 unspecified atom stereocenters. The molecule has 0 saturated carbocycles. The molecular weight excluding hydrogens is 256 g/mol. The summed E-state index contributed by atoms with van der Waals surface area (Å²) in [7, 11) is 0. The lowest BCUT2D eigenvalue weighted by molar-refractivity contribution is 0.334. The molecule has 0 aliphatic heterocycles. The van der Waals surface area contributed by atoms with Gasteiger partial charge in [-0.3, -0.25) is 5.32 Å². The molecule has 19 heavy (non-hydrogen) atoms. The van der Waals surface area contributed by atoms with Gasteiger partial charge < -0.3 is 4.74 Å². The summed E-state index contributed by atoms with van der Waals surface area (Å²) in [5.41, 5.74) is 0.892. The summed E-state index contributed by atoms with van der Waals surface area (Å²) in [6, 6.07) is 13.7. The van der Waals surface area contributed by atoms with Crippen molar-refractivity contribution in [1.82, 2.24) is 5.32 Å². The fraction of sp³-hybridized carbons (Fsp3) is 0.267. The van der Waals surface area contributed by atoms with E-state index in [9.17, 15) is 5.26 Å². The number of nitrogens with one attached hydrogen (secondary N) is 1. The monoisotopic (exact) mass is 272 g/mol. The van der Waals surface area contributed by atoms with E-state index >= 15 is 0 Å². The molecule has 0 amide bonds. The molecule has 1 N–H and O–H groups in total. The minimum atomic E-state index is -0.357. The number of nitrogens with zero attached hydrogens (tertiary/aromatic N) is 1. The van der Waals surface area contributed by atoms with Crippen LogP contribution in [0.25, 0.3) is 0 Å². The average Bonchev–Trinajstić information content (AvgIpc) is 2.95. The Labute approximate surface area is 117 Å². The van der Waals surface area contributed by atoms with Crippen LogP contribution in [0.5, 0.6) is 5.75 Å². The largest absolute Gasteiger partial charge is 0.493 e. The first-order chi connectivity index (χ1) is 9.35. The smallest absolute Gasteiger partial charge is 0.125 e. The van der Waals surface area contributed by atoms with Gasteiger partial charge in [-0.15, -0.1) is 11.3 Å². The van der Waals surface area contributed by atoms with Crippen LogP contribution >= 0.6 is 11.3 Å². The van der Waals surface area contributed by atoms with Crippen LogP contribution < -0.4 is 10.1 Å². The molecule has 0 radical (unpaired) electrons. The maximum absolute atomic E-state index is 9.34. The summed E-state index contributed by atoms with van der Waals surface area (Å²) in [4.78, 5) is 1.22. The van der Waals surface area contributed by atoms with Crippen molar-refractivity contribution in [1.29, 1.82) is 5.26 Å². The molecule has 1 aromatic carbocycles. The van der Waals surface area contributed by atoms with Gasteiger partial charge in [0.15, 0.2) is 0 Å². The Morgan fingerprint density at radius 1 is 1.32 bits per heavy atom. The highest BCUT2D eigenvalue weighted by molar-refractivity contribution is 7.09. The number of hydrogen-bond acceptors (Lipinski definition) is 4. The second-order valence-corrected chi connectivity index (χ2v) is 5.03. The fourth-order valence-corrected chi connectivity index (χ4v) is 2.50. The molecule has 1 atom stereocenters. The van der Waals surface area contributed by atoms with Gasteiger partial charge in [-0.25, -0.2) is 0 Å². The first-order valence-corrected chi connectivity index (χ1v) is 7.10. The number of benzene rings is 1. The third-order valence-electron chi connectivity index (χ3n) is 2.72. The summed E-state index contributed by atoms with van der Waals surface area (Å²) < 4.78 is 5.57. The van der Waals surface area contributed by atoms with E-state index in [0.29, 0.717) is 13.2 Å². The van der Waals surface area contributed by atoms with Crippen molar-refractivity contribution in [2.45, 2.75) is 19.5 Å². The van der Waals surface area contributed by atoms with E-state index in [1.807, 2.05) is 42.6 Å². The van der Waals surface area contributed by atoms with Crippen LogP contribution in [0.4, 0.5) is 0 Å². The summed E-state index contributed by atoms with van der Waals surface area (Å²) in [5.74, 6) is 0.773. The number of hydrogen-bond donors (Lipinski definition) is 1. The molecule has 4 heteroatoms. The van der Waals surface area contributed by atoms with E-state index in [-0.39, 0.29) is 6.04 Å². The van der Waals surface area contributed by atoms with E-state index < -0.39 is 0 Å². The van der Waals surface area contributed by atoms with Crippen molar-refractivity contribution >= 4 is 11.3 Å². The van der Waals surface area contributed by atoms with Crippen LogP contribution in [0, 0.1) is 11.3 Å². The minimum absolute atomic E-state index is 0.357. The number of para-hydroxylation sites is 1. The Morgan fingerprint density at radius 2 is 2.16 bits per heavy atom. The van der Waals surface area contributed by atoms with E-state index in [1.165, 1.54) is 4.88 Å². The second kappa shape index (κ2) is 6.93. The Balaban J connectivity index is 2.11. The molecule has 0 aliphatic carbocycles. The van der Waals surface area contributed by atoms with Crippen molar-refractivity contribution in [3.8, 4) is 11.8 Å². The molecule has 2 aromatic rings. The van der Waals surface area contributed by atoms with Crippen LogP contribution in [0.15, 0.2) is 41.8 Å². The predicted molar refractivity (Wildman–Crippen MR) is 77.1 cm³/mol. The summed E-state index contributed by atoms with van der Waals surface area (Å²) in [5, 5.41) is 14.6. The number of rotatable bonds is 6. The zero-order chi connectivity index (χ0) is 13.5. The predicted octanol–water partition coefficient (Wildman–Crippen LogP) is 3.50. The summed E-state index contributed by atoms with van der Waals surface area (Å²) in [6.07, 6.45) is 0. The van der Waals surface area contributed by atoms with Gasteiger partial charge >= 0.3 is 0 Å². The highest BCUT2D eigenvalue weighted by Crippen LogP contribution is 2.25. The van der Waals surface area contributed by atoms with Crippen LogP contribution in [-0.2, 0) is 6.54 Å². The molecule has 0 saturated heterocycles. The molecular formula is C15H16N2OS. The Hall–Kier alpha value is -1.83. The lowest BCUT2D eigenvalue weighted by atomic mass is 10.1. The first kappa shape index (κ1) is 13.6. The topological polar surface area (TPSA) is 45.0 Å². The maximum atomic E-state index is 9.34. The van der Waals surface area contributed by atoms with E-state index in [2.05, 4.69) is 17.5 Å². The van der Waals surface area contributed by atoms with Crippen molar-refractivity contribution in [3.05, 3.63) is 52.2 Å². The Bertz CT molecular complexity index is 546. The van der Waals surface area contributed by atoms with E-state index in [4.69, 9.17) is 4.74 Å². The Morgan fingerprint density at radius 3 is 2.84 bits per heavy atom. The van der Waals surface area contributed by atoms with Crippen molar-refractivity contribution in [2.24, 2.45) is 0 Å². The normalized spacial score (nSPS) is 11.8. The Kier molecular flexibility index (Phi) is 4.96. The molecule has 0 bridgehead atoms. The van der Waals surface area contributed by atoms with E-state index in [0.717, 1.165) is 11.3 Å². The third kappa shape index (κ3) is 3.57. The minimum Gasteiger partial charge on any atom is -0.493 e. The zero-order valence-corrected chi connectivity index (χ0v) is 11.6. The van der Waals surface area contributed by atoms with Crippen molar-refractivity contribution in [2.75, 3.05) is 6.61 Å². The van der Waals surface area contributed by atoms with Crippen LogP contribution in [-0.4, -0.2) is 6.61 Å². The van der Waals surface area contributed by atoms with Gasteiger partial charge in [0.1, 0.15) is 11.8 Å². The fourth-order valence-electron chi connectivity index (χ4n) is 1.85. The van der Waals surface area contributed by atoms with E-state index in [1.54, 1.807) is 11.3 Å². The molecule has 3 nitrogen and oxygen atoms in total. The van der Waals surface area contributed by atoms with Crippen molar-refractivity contribution < 1.29 is 4.74 Å². The van der Waals surface area contributed by atoms with Crippen LogP contribution in [0.2, 0.25) is 0 Å². The van der Waals surface area contributed by atoms with Gasteiger partial charge in [0.2, 0.25) is 0 Å². The molecule has 2 rings (SSSR count). The third-order valence-corrected chi connectivity index (χ3v) is 3.60. The standard InChI is InChI=1S/C15H16N2OS/c1-2-18-15-8-4-3-7-13(15)14(10-16)17-11-12-6-5-9-19-12/h3-9,14,17H,2,11H2,1H3. The number of ether oxygens (including phenoxy) is 1. The van der Waals surface area contributed by atoms with Gasteiger partial charge in [0.05, 0.1) is 12.7 Å². The molecule has 1 heterocycles. The quantitative estimate of drug-likeness (QED) is 0.875. The first-order valence-electron chi connectivity index (χ1n) is 6.22. The molecule has 98 valence electrons.